The number of aromatic nitrogens is 3. The summed E-state index contributed by atoms with van der Waals surface area (Å²) in [5.74, 6) is 1.24. The Kier molecular flexibility index (Phi) is 2.36. The van der Waals surface area contributed by atoms with Gasteiger partial charge in [-0.3, -0.25) is 0 Å². The monoisotopic (exact) mass is 233 g/mol. The summed E-state index contributed by atoms with van der Waals surface area (Å²) in [4.78, 5) is 10.8. The molecule has 0 aliphatic heterocycles. The number of fused-ring (bicyclic) bond motifs is 1. The quantitative estimate of drug-likeness (QED) is 0.792. The summed E-state index contributed by atoms with van der Waals surface area (Å²) in [6, 6.07) is 0.469. The Labute approximate surface area is 98.7 Å². The van der Waals surface area contributed by atoms with Crippen LogP contribution in [-0.2, 0) is 0 Å². The molecule has 0 atom stereocenters. The average molecular weight is 233 g/mol. The second-order valence-electron chi connectivity index (χ2n) is 4.30. The minimum atomic E-state index is 0.111. The van der Waals surface area contributed by atoms with E-state index in [9.17, 15) is 0 Å². The van der Waals surface area contributed by atoms with Crippen molar-refractivity contribution in [3.05, 3.63) is 18.6 Å². The zero-order valence-electron chi connectivity index (χ0n) is 9.45. The van der Waals surface area contributed by atoms with Gasteiger partial charge in [-0.1, -0.05) is 0 Å². The third-order valence-corrected chi connectivity index (χ3v) is 2.98. The van der Waals surface area contributed by atoms with Crippen LogP contribution in [0.3, 0.4) is 0 Å². The highest BCUT2D eigenvalue weighted by molar-refractivity contribution is 5.67. The second-order valence-corrected chi connectivity index (χ2v) is 4.30. The SMILES string of the molecule is Nc1cn2ccnc2c(N(CCO)C2CC2)n1. The lowest BCUT2D eigenvalue weighted by Crippen LogP contribution is -2.30. The summed E-state index contributed by atoms with van der Waals surface area (Å²) >= 11 is 0. The molecule has 0 aromatic carbocycles. The van der Waals surface area contributed by atoms with E-state index < -0.39 is 0 Å². The first kappa shape index (κ1) is 10.3. The minimum Gasteiger partial charge on any atom is -0.395 e. The molecular weight excluding hydrogens is 218 g/mol. The molecule has 0 bridgehead atoms. The van der Waals surface area contributed by atoms with Gasteiger partial charge in [0.15, 0.2) is 11.5 Å². The normalized spacial score (nSPS) is 15.4. The first-order chi connectivity index (χ1) is 8.29. The predicted octanol–water partition coefficient (Wildman–Crippen LogP) is 0.273. The van der Waals surface area contributed by atoms with Gasteiger partial charge in [0, 0.05) is 25.0 Å². The van der Waals surface area contributed by atoms with Crippen LogP contribution in [-0.4, -0.2) is 38.7 Å². The van der Waals surface area contributed by atoms with E-state index in [1.807, 2.05) is 10.6 Å². The summed E-state index contributed by atoms with van der Waals surface area (Å²) in [7, 11) is 0. The molecular formula is C11H15N5O. The Hall–Kier alpha value is -1.82. The lowest BCUT2D eigenvalue weighted by molar-refractivity contribution is 0.301. The van der Waals surface area contributed by atoms with Gasteiger partial charge in [0.1, 0.15) is 5.82 Å². The highest BCUT2D eigenvalue weighted by atomic mass is 16.3. The first-order valence-electron chi connectivity index (χ1n) is 5.76. The smallest absolute Gasteiger partial charge is 0.180 e. The molecule has 17 heavy (non-hydrogen) atoms. The lowest BCUT2D eigenvalue weighted by atomic mass is 10.4. The molecule has 0 spiro atoms. The van der Waals surface area contributed by atoms with Crippen LogP contribution in [0.15, 0.2) is 18.6 Å². The number of anilines is 2. The fraction of sp³-hybridized carbons (Fsp3) is 0.455. The number of nitrogens with two attached hydrogens (primary N) is 1. The van der Waals surface area contributed by atoms with Crippen molar-refractivity contribution in [3.8, 4) is 0 Å². The van der Waals surface area contributed by atoms with E-state index in [0.29, 0.717) is 18.4 Å². The standard InChI is InChI=1S/C11H15N5O/c12-9-7-15-4-3-13-10(15)11(14-9)16(5-6-17)8-1-2-8/h3-4,7-8,17H,1-2,5-6,12H2. The molecule has 0 radical (unpaired) electrons. The van der Waals surface area contributed by atoms with Gasteiger partial charge < -0.3 is 20.1 Å². The number of nitrogen functional groups attached to an aromatic ring is 1. The molecule has 0 saturated heterocycles. The fourth-order valence-electron chi connectivity index (χ4n) is 2.08. The van der Waals surface area contributed by atoms with Crippen molar-refractivity contribution in [1.82, 2.24) is 14.4 Å². The van der Waals surface area contributed by atoms with Crippen LogP contribution < -0.4 is 10.6 Å². The molecule has 1 aliphatic carbocycles. The third-order valence-electron chi connectivity index (χ3n) is 2.98. The van der Waals surface area contributed by atoms with E-state index >= 15 is 0 Å². The Morgan fingerprint density at radius 1 is 1.53 bits per heavy atom. The molecule has 3 N–H and O–H groups in total. The van der Waals surface area contributed by atoms with Crippen LogP contribution in [0.2, 0.25) is 0 Å². The number of imidazole rings is 1. The van der Waals surface area contributed by atoms with E-state index in [1.165, 1.54) is 0 Å². The predicted molar refractivity (Wildman–Crippen MR) is 64.9 cm³/mol. The minimum absolute atomic E-state index is 0.111. The van der Waals surface area contributed by atoms with Crippen molar-refractivity contribution < 1.29 is 5.11 Å². The fourth-order valence-corrected chi connectivity index (χ4v) is 2.08. The molecule has 90 valence electrons. The van der Waals surface area contributed by atoms with Crippen molar-refractivity contribution >= 4 is 17.3 Å². The second kappa shape index (κ2) is 3.89. The molecule has 1 fully saturated rings. The molecule has 2 aromatic heterocycles. The van der Waals surface area contributed by atoms with Gasteiger partial charge in [0.25, 0.3) is 0 Å². The molecule has 0 unspecified atom stereocenters. The van der Waals surface area contributed by atoms with Crippen LogP contribution in [0.25, 0.3) is 5.65 Å². The first-order valence-corrected chi connectivity index (χ1v) is 5.76. The van der Waals surface area contributed by atoms with Crippen LogP contribution in [0.1, 0.15) is 12.8 Å². The summed E-state index contributed by atoms with van der Waals surface area (Å²) in [5.41, 5.74) is 6.58. The van der Waals surface area contributed by atoms with E-state index in [-0.39, 0.29) is 6.61 Å². The zero-order chi connectivity index (χ0) is 11.8. The van der Waals surface area contributed by atoms with Gasteiger partial charge in [-0.15, -0.1) is 0 Å². The number of nitrogens with zero attached hydrogens (tertiary/aromatic N) is 4. The highest BCUT2D eigenvalue weighted by Gasteiger charge is 2.31. The Morgan fingerprint density at radius 3 is 3.06 bits per heavy atom. The maximum Gasteiger partial charge on any atom is 0.180 e. The number of hydrogen-bond donors (Lipinski definition) is 2. The molecule has 0 amide bonds. The highest BCUT2D eigenvalue weighted by Crippen LogP contribution is 2.32. The van der Waals surface area contributed by atoms with E-state index in [2.05, 4.69) is 14.9 Å². The van der Waals surface area contributed by atoms with Gasteiger partial charge in [0.05, 0.1) is 12.8 Å². The van der Waals surface area contributed by atoms with Gasteiger partial charge in [-0.05, 0) is 12.8 Å². The van der Waals surface area contributed by atoms with Gasteiger partial charge >= 0.3 is 0 Å². The van der Waals surface area contributed by atoms with Crippen molar-refractivity contribution in [2.24, 2.45) is 0 Å². The van der Waals surface area contributed by atoms with Gasteiger partial charge in [-0.2, -0.15) is 0 Å². The zero-order valence-corrected chi connectivity index (χ0v) is 9.45. The largest absolute Gasteiger partial charge is 0.395 e. The molecule has 3 rings (SSSR count). The van der Waals surface area contributed by atoms with E-state index in [1.54, 1.807) is 12.4 Å². The van der Waals surface area contributed by atoms with E-state index in [4.69, 9.17) is 10.8 Å². The summed E-state index contributed by atoms with van der Waals surface area (Å²) < 4.78 is 1.87. The van der Waals surface area contributed by atoms with Crippen molar-refractivity contribution in [3.63, 3.8) is 0 Å². The van der Waals surface area contributed by atoms with E-state index in [0.717, 1.165) is 24.3 Å². The maximum atomic E-state index is 9.14. The summed E-state index contributed by atoms with van der Waals surface area (Å²) in [6.07, 6.45) is 7.60. The Bertz CT molecular complexity index is 534. The van der Waals surface area contributed by atoms with Crippen molar-refractivity contribution in [2.45, 2.75) is 18.9 Å². The molecule has 1 saturated carbocycles. The molecule has 2 aromatic rings. The van der Waals surface area contributed by atoms with Gasteiger partial charge in [-0.25, -0.2) is 9.97 Å². The number of rotatable bonds is 4. The van der Waals surface area contributed by atoms with Crippen molar-refractivity contribution in [1.29, 1.82) is 0 Å². The molecule has 1 aliphatic rings. The number of aliphatic hydroxyl groups is 1. The maximum absolute atomic E-state index is 9.14. The lowest BCUT2D eigenvalue weighted by Gasteiger charge is -2.22. The van der Waals surface area contributed by atoms with Crippen LogP contribution in [0, 0.1) is 0 Å². The average Bonchev–Trinajstić information content (AvgIpc) is 3.04. The molecule has 6 heteroatoms. The summed E-state index contributed by atoms with van der Waals surface area (Å²) in [5, 5.41) is 9.14. The van der Waals surface area contributed by atoms with Crippen molar-refractivity contribution in [2.75, 3.05) is 23.8 Å². The molecule has 2 heterocycles. The number of hydrogen-bond acceptors (Lipinski definition) is 5. The van der Waals surface area contributed by atoms with Crippen LogP contribution >= 0.6 is 0 Å². The third kappa shape index (κ3) is 1.80. The topological polar surface area (TPSA) is 79.7 Å². The van der Waals surface area contributed by atoms with Crippen LogP contribution in [0.4, 0.5) is 11.6 Å². The summed E-state index contributed by atoms with van der Waals surface area (Å²) in [6.45, 7) is 0.684. The van der Waals surface area contributed by atoms with Crippen LogP contribution in [0.5, 0.6) is 0 Å². The molecule has 6 nitrogen and oxygen atoms in total. The number of aliphatic hydroxyl groups excluding tert-OH is 1. The van der Waals surface area contributed by atoms with Gasteiger partial charge in [0.2, 0.25) is 0 Å². The Balaban J connectivity index is 2.09. The Morgan fingerprint density at radius 2 is 2.35 bits per heavy atom.